The monoisotopic (exact) mass is 399 g/mol. The Bertz CT molecular complexity index is 1080. The van der Waals surface area contributed by atoms with Crippen LogP contribution >= 0.6 is 0 Å². The summed E-state index contributed by atoms with van der Waals surface area (Å²) in [5, 5.41) is 30.6. The van der Waals surface area contributed by atoms with Crippen molar-refractivity contribution in [3.05, 3.63) is 63.0 Å². The molecule has 0 fully saturated rings. The molecule has 0 aliphatic rings. The van der Waals surface area contributed by atoms with Crippen molar-refractivity contribution in [1.29, 1.82) is 0 Å². The number of nitro benzene ring substituents is 1. The molecule has 1 N–H and O–H groups in total. The lowest BCUT2D eigenvalue weighted by molar-refractivity contribution is -0.806. The summed E-state index contributed by atoms with van der Waals surface area (Å²) < 4.78 is 15.3. The molecule has 1 aromatic heterocycles. The van der Waals surface area contributed by atoms with Gasteiger partial charge in [0.05, 0.1) is 42.2 Å². The van der Waals surface area contributed by atoms with Gasteiger partial charge in [-0.25, -0.2) is 0 Å². The van der Waals surface area contributed by atoms with E-state index < -0.39 is 4.92 Å². The number of hydrazone groups is 1. The van der Waals surface area contributed by atoms with Crippen molar-refractivity contribution in [2.24, 2.45) is 5.10 Å². The van der Waals surface area contributed by atoms with Crippen molar-refractivity contribution in [3.63, 3.8) is 0 Å². The zero-order valence-electron chi connectivity index (χ0n) is 15.8. The smallest absolute Gasteiger partial charge is 0.278 e. The van der Waals surface area contributed by atoms with Crippen molar-refractivity contribution in [2.75, 3.05) is 19.6 Å². The van der Waals surface area contributed by atoms with Crippen LogP contribution in [0.15, 0.2) is 46.1 Å². The van der Waals surface area contributed by atoms with E-state index in [0.29, 0.717) is 28.3 Å². The molecule has 11 heteroatoms. The van der Waals surface area contributed by atoms with Gasteiger partial charge in [0, 0.05) is 24.2 Å². The Morgan fingerprint density at radius 2 is 1.93 bits per heavy atom. The molecule has 0 atom stereocenters. The lowest BCUT2D eigenvalue weighted by atomic mass is 10.1. The van der Waals surface area contributed by atoms with Crippen LogP contribution in [0.25, 0.3) is 11.3 Å². The Hall–Kier alpha value is -4.15. The van der Waals surface area contributed by atoms with E-state index in [1.807, 2.05) is 0 Å². The number of nitro groups is 1. The highest BCUT2D eigenvalue weighted by molar-refractivity contribution is 5.86. The molecule has 0 saturated heterocycles. The summed E-state index contributed by atoms with van der Waals surface area (Å²) in [4.78, 5) is 10.9. The van der Waals surface area contributed by atoms with Crippen molar-refractivity contribution in [3.8, 4) is 22.8 Å². The molecule has 2 aromatic carbocycles. The number of hydrogen-bond acceptors (Lipinski definition) is 9. The maximum atomic E-state index is 11.6. The van der Waals surface area contributed by atoms with Crippen LogP contribution in [-0.4, -0.2) is 30.5 Å². The first-order valence-corrected chi connectivity index (χ1v) is 8.31. The number of para-hydroxylation sites is 1. The lowest BCUT2D eigenvalue weighted by Gasteiger charge is -2.12. The average Bonchev–Trinajstić information content (AvgIpc) is 3.06. The molecule has 0 amide bonds. The molecule has 3 aromatic rings. The zero-order chi connectivity index (χ0) is 21.0. The fourth-order valence-electron chi connectivity index (χ4n) is 2.64. The Morgan fingerprint density at radius 1 is 1.24 bits per heavy atom. The Balaban J connectivity index is 2.02. The predicted octanol–water partition coefficient (Wildman–Crippen LogP) is 2.65. The minimum absolute atomic E-state index is 0.0784. The van der Waals surface area contributed by atoms with Gasteiger partial charge in [0.15, 0.2) is 11.5 Å². The SMILES string of the molecule is COc1cc(N/N=C/c2ccccc2[N+](=O)[O-])c(-c2no[n+]([O-])c2C)cc1OC. The number of rotatable bonds is 7. The number of methoxy groups -OCH3 is 2. The van der Waals surface area contributed by atoms with Crippen LogP contribution in [0, 0.1) is 22.2 Å². The number of anilines is 1. The fraction of sp³-hybridized carbons (Fsp3) is 0.167. The van der Waals surface area contributed by atoms with Gasteiger partial charge in [-0.3, -0.25) is 20.2 Å². The highest BCUT2D eigenvalue weighted by Gasteiger charge is 2.23. The van der Waals surface area contributed by atoms with Crippen LogP contribution in [0.2, 0.25) is 0 Å². The van der Waals surface area contributed by atoms with Crippen LogP contribution in [-0.2, 0) is 0 Å². The van der Waals surface area contributed by atoms with E-state index in [-0.39, 0.29) is 22.0 Å². The standard InChI is InChI=1S/C18H17N5O6/c1-11-18(21-29-23(11)26)13-8-16(27-2)17(28-3)9-14(13)20-19-10-12-6-4-5-7-15(12)22(24)25/h4-10,20H,1-3H3/b19-10+. The van der Waals surface area contributed by atoms with Gasteiger partial charge in [0.25, 0.3) is 11.4 Å². The van der Waals surface area contributed by atoms with E-state index in [0.717, 1.165) is 0 Å². The van der Waals surface area contributed by atoms with Gasteiger partial charge < -0.3 is 14.7 Å². The number of benzene rings is 2. The number of ether oxygens (including phenoxy) is 2. The molecule has 0 radical (unpaired) electrons. The molecule has 150 valence electrons. The summed E-state index contributed by atoms with van der Waals surface area (Å²) in [5.41, 5.74) is 4.47. The normalized spacial score (nSPS) is 10.9. The summed E-state index contributed by atoms with van der Waals surface area (Å²) in [6.07, 6.45) is 1.32. The molecule has 0 bridgehead atoms. The van der Waals surface area contributed by atoms with Gasteiger partial charge >= 0.3 is 0 Å². The summed E-state index contributed by atoms with van der Waals surface area (Å²) in [6, 6.07) is 9.42. The van der Waals surface area contributed by atoms with Crippen LogP contribution < -0.4 is 19.8 Å². The minimum atomic E-state index is -0.491. The molecule has 11 nitrogen and oxygen atoms in total. The van der Waals surface area contributed by atoms with E-state index in [2.05, 4.69) is 20.3 Å². The van der Waals surface area contributed by atoms with Gasteiger partial charge in [-0.05, 0) is 17.0 Å². The largest absolute Gasteiger partial charge is 0.493 e. The van der Waals surface area contributed by atoms with Gasteiger partial charge in [-0.2, -0.15) is 5.10 Å². The Labute approximate surface area is 164 Å². The second-order valence-electron chi connectivity index (χ2n) is 5.80. The topological polar surface area (TPSA) is 139 Å². The first kappa shape index (κ1) is 19.6. The first-order chi connectivity index (χ1) is 14.0. The number of aromatic nitrogens is 2. The van der Waals surface area contributed by atoms with Crippen molar-refractivity contribution in [1.82, 2.24) is 5.16 Å². The van der Waals surface area contributed by atoms with Gasteiger partial charge in [0.1, 0.15) is 0 Å². The third-order valence-corrected chi connectivity index (χ3v) is 4.12. The van der Waals surface area contributed by atoms with Gasteiger partial charge in [-0.15, -0.1) is 0 Å². The van der Waals surface area contributed by atoms with E-state index in [4.69, 9.17) is 9.47 Å². The molecule has 0 saturated carbocycles. The van der Waals surface area contributed by atoms with Crippen LogP contribution in [0.3, 0.4) is 0 Å². The van der Waals surface area contributed by atoms with Gasteiger partial charge in [-0.1, -0.05) is 12.1 Å². The molecular weight excluding hydrogens is 382 g/mol. The van der Waals surface area contributed by atoms with E-state index >= 15 is 0 Å². The summed E-state index contributed by atoms with van der Waals surface area (Å²) >= 11 is 0. The number of nitrogens with zero attached hydrogens (tertiary/aromatic N) is 4. The average molecular weight is 399 g/mol. The molecule has 1 heterocycles. The molecule has 0 spiro atoms. The molecule has 3 rings (SSSR count). The maximum absolute atomic E-state index is 11.6. The van der Waals surface area contributed by atoms with Crippen molar-refractivity contribution >= 4 is 17.6 Å². The molecule has 0 unspecified atom stereocenters. The number of hydrogen-bond donors (Lipinski definition) is 1. The third-order valence-electron chi connectivity index (χ3n) is 4.12. The Morgan fingerprint density at radius 3 is 2.55 bits per heavy atom. The second-order valence-corrected chi connectivity index (χ2v) is 5.80. The molecule has 29 heavy (non-hydrogen) atoms. The zero-order valence-corrected chi connectivity index (χ0v) is 15.8. The Kier molecular flexibility index (Phi) is 5.58. The summed E-state index contributed by atoms with van der Waals surface area (Å²) in [7, 11) is 2.95. The van der Waals surface area contributed by atoms with Gasteiger partial charge in [0.2, 0.25) is 5.69 Å². The van der Waals surface area contributed by atoms with E-state index in [9.17, 15) is 15.3 Å². The quantitative estimate of drug-likeness (QED) is 0.277. The van der Waals surface area contributed by atoms with E-state index in [1.165, 1.54) is 26.5 Å². The van der Waals surface area contributed by atoms with Crippen LogP contribution in [0.1, 0.15) is 11.3 Å². The highest BCUT2D eigenvalue weighted by atomic mass is 16.8. The van der Waals surface area contributed by atoms with Crippen LogP contribution in [0.4, 0.5) is 11.4 Å². The molecule has 0 aliphatic carbocycles. The summed E-state index contributed by atoms with van der Waals surface area (Å²) in [5.74, 6) is 0.825. The second kappa shape index (κ2) is 8.25. The predicted molar refractivity (Wildman–Crippen MR) is 103 cm³/mol. The highest BCUT2D eigenvalue weighted by Crippen LogP contribution is 2.38. The van der Waals surface area contributed by atoms with Crippen LogP contribution in [0.5, 0.6) is 11.5 Å². The van der Waals surface area contributed by atoms with Crippen molar-refractivity contribution < 1.29 is 23.9 Å². The molecule has 0 aliphatic heterocycles. The van der Waals surface area contributed by atoms with E-state index in [1.54, 1.807) is 37.3 Å². The lowest BCUT2D eigenvalue weighted by Crippen LogP contribution is -2.25. The molecular formula is C18H17N5O6. The number of nitrogens with one attached hydrogen (secondary N) is 1. The first-order valence-electron chi connectivity index (χ1n) is 8.31. The third kappa shape index (κ3) is 3.93. The summed E-state index contributed by atoms with van der Waals surface area (Å²) in [6.45, 7) is 1.55. The maximum Gasteiger partial charge on any atom is 0.278 e. The minimum Gasteiger partial charge on any atom is -0.493 e. The van der Waals surface area contributed by atoms with Crippen molar-refractivity contribution in [2.45, 2.75) is 6.92 Å². The fourth-order valence-corrected chi connectivity index (χ4v) is 2.64.